The summed E-state index contributed by atoms with van der Waals surface area (Å²) >= 11 is 1.87. The van der Waals surface area contributed by atoms with Crippen molar-refractivity contribution < 1.29 is 9.18 Å². The summed E-state index contributed by atoms with van der Waals surface area (Å²) in [5.41, 5.74) is 6.37. The van der Waals surface area contributed by atoms with Crippen LogP contribution in [0.3, 0.4) is 0 Å². The molecule has 104 valence electrons. The number of anilines is 1. The lowest BCUT2D eigenvalue weighted by Gasteiger charge is -2.23. The van der Waals surface area contributed by atoms with Crippen LogP contribution in [-0.2, 0) is 0 Å². The predicted octanol–water partition coefficient (Wildman–Crippen LogP) is 2.77. The van der Waals surface area contributed by atoms with Gasteiger partial charge in [-0.3, -0.25) is 4.79 Å². The van der Waals surface area contributed by atoms with Gasteiger partial charge < -0.3 is 10.6 Å². The Hall–Kier alpha value is -1.23. The maximum absolute atomic E-state index is 13.2. The second-order valence-corrected chi connectivity index (χ2v) is 7.18. The molecule has 0 aliphatic carbocycles. The Morgan fingerprint density at radius 1 is 1.42 bits per heavy atom. The number of nitrogen functional groups attached to an aromatic ring is 1. The number of carbonyl (C=O) groups excluding carboxylic acids is 1. The van der Waals surface area contributed by atoms with Crippen molar-refractivity contribution in [3.8, 4) is 0 Å². The summed E-state index contributed by atoms with van der Waals surface area (Å²) in [7, 11) is 0. The summed E-state index contributed by atoms with van der Waals surface area (Å²) < 4.78 is 13.4. The standard InChI is InChI=1S/C14H19FN2OS/c1-14(2)5-6-17(7-8-19-14)13(18)11-9-10(15)3-4-12(11)16/h3-4,9H,5-8,16H2,1-2H3. The number of amides is 1. The van der Waals surface area contributed by atoms with Gasteiger partial charge in [0.2, 0.25) is 0 Å². The van der Waals surface area contributed by atoms with E-state index in [1.807, 2.05) is 11.8 Å². The number of benzene rings is 1. The van der Waals surface area contributed by atoms with Gasteiger partial charge in [-0.1, -0.05) is 13.8 Å². The second-order valence-electron chi connectivity index (χ2n) is 5.38. The van der Waals surface area contributed by atoms with Crippen LogP contribution in [0.15, 0.2) is 18.2 Å². The fourth-order valence-corrected chi connectivity index (χ4v) is 3.21. The smallest absolute Gasteiger partial charge is 0.256 e. The fraction of sp³-hybridized carbons (Fsp3) is 0.500. The summed E-state index contributed by atoms with van der Waals surface area (Å²) in [6.45, 7) is 5.74. The van der Waals surface area contributed by atoms with Crippen molar-refractivity contribution in [2.45, 2.75) is 25.0 Å². The second kappa shape index (κ2) is 5.41. The van der Waals surface area contributed by atoms with Crippen molar-refractivity contribution in [2.75, 3.05) is 24.6 Å². The lowest BCUT2D eigenvalue weighted by molar-refractivity contribution is 0.0765. The molecule has 1 heterocycles. The van der Waals surface area contributed by atoms with Gasteiger partial charge >= 0.3 is 0 Å². The molecule has 0 bridgehead atoms. The summed E-state index contributed by atoms with van der Waals surface area (Å²) in [6, 6.07) is 3.94. The minimum absolute atomic E-state index is 0.171. The number of thioether (sulfide) groups is 1. The first-order valence-electron chi connectivity index (χ1n) is 6.37. The minimum Gasteiger partial charge on any atom is -0.398 e. The quantitative estimate of drug-likeness (QED) is 0.806. The summed E-state index contributed by atoms with van der Waals surface area (Å²) in [5.74, 6) is 0.297. The van der Waals surface area contributed by atoms with Crippen molar-refractivity contribution in [2.24, 2.45) is 0 Å². The van der Waals surface area contributed by atoms with Gasteiger partial charge in [0.1, 0.15) is 5.82 Å². The van der Waals surface area contributed by atoms with E-state index in [4.69, 9.17) is 5.73 Å². The molecule has 1 aromatic carbocycles. The zero-order valence-corrected chi connectivity index (χ0v) is 12.1. The molecule has 0 spiro atoms. The van der Waals surface area contributed by atoms with Crippen molar-refractivity contribution in [1.29, 1.82) is 0 Å². The van der Waals surface area contributed by atoms with Gasteiger partial charge in [-0.2, -0.15) is 11.8 Å². The van der Waals surface area contributed by atoms with E-state index < -0.39 is 5.82 Å². The number of carbonyl (C=O) groups is 1. The number of nitrogens with two attached hydrogens (primary N) is 1. The average molecular weight is 282 g/mol. The predicted molar refractivity (Wildman–Crippen MR) is 77.9 cm³/mol. The Kier molecular flexibility index (Phi) is 4.04. The van der Waals surface area contributed by atoms with Crippen LogP contribution in [0.1, 0.15) is 30.6 Å². The number of rotatable bonds is 1. The molecule has 5 heteroatoms. The Morgan fingerprint density at radius 2 is 2.16 bits per heavy atom. The van der Waals surface area contributed by atoms with Crippen LogP contribution in [0.5, 0.6) is 0 Å². The van der Waals surface area contributed by atoms with Crippen molar-refractivity contribution in [3.63, 3.8) is 0 Å². The van der Waals surface area contributed by atoms with Gasteiger partial charge in [0.05, 0.1) is 5.56 Å². The number of hydrogen-bond acceptors (Lipinski definition) is 3. The van der Waals surface area contributed by atoms with Crippen molar-refractivity contribution in [1.82, 2.24) is 4.90 Å². The molecule has 0 unspecified atom stereocenters. The first-order chi connectivity index (χ1) is 8.89. The van der Waals surface area contributed by atoms with E-state index in [1.54, 1.807) is 4.90 Å². The van der Waals surface area contributed by atoms with Gasteiger partial charge in [0, 0.05) is 29.3 Å². The highest BCUT2D eigenvalue weighted by molar-refractivity contribution is 8.00. The molecule has 1 saturated heterocycles. The maximum Gasteiger partial charge on any atom is 0.256 e. The number of hydrogen-bond donors (Lipinski definition) is 1. The first-order valence-corrected chi connectivity index (χ1v) is 7.36. The number of halogens is 1. The summed E-state index contributed by atoms with van der Waals surface area (Å²) in [5, 5.41) is 0. The van der Waals surface area contributed by atoms with Crippen LogP contribution in [0.4, 0.5) is 10.1 Å². The van der Waals surface area contributed by atoms with Crippen molar-refractivity contribution >= 4 is 23.4 Å². The maximum atomic E-state index is 13.2. The summed E-state index contributed by atoms with van der Waals surface area (Å²) in [4.78, 5) is 14.2. The highest BCUT2D eigenvalue weighted by Gasteiger charge is 2.27. The van der Waals surface area contributed by atoms with Gasteiger partial charge in [0.25, 0.3) is 5.91 Å². The van der Waals surface area contributed by atoms with Crippen LogP contribution in [0.2, 0.25) is 0 Å². The molecule has 1 amide bonds. The molecular weight excluding hydrogens is 263 g/mol. The molecule has 1 aliphatic rings. The van der Waals surface area contributed by atoms with Gasteiger partial charge in [0.15, 0.2) is 0 Å². The Bertz CT molecular complexity index is 490. The van der Waals surface area contributed by atoms with Crippen LogP contribution in [0.25, 0.3) is 0 Å². The monoisotopic (exact) mass is 282 g/mol. The molecule has 19 heavy (non-hydrogen) atoms. The van der Waals surface area contributed by atoms with Crippen molar-refractivity contribution in [3.05, 3.63) is 29.6 Å². The van der Waals surface area contributed by atoms with Gasteiger partial charge in [-0.15, -0.1) is 0 Å². The van der Waals surface area contributed by atoms with E-state index in [1.165, 1.54) is 18.2 Å². The third-order valence-corrected chi connectivity index (χ3v) is 4.74. The molecule has 1 aliphatic heterocycles. The largest absolute Gasteiger partial charge is 0.398 e. The number of nitrogens with zero attached hydrogens (tertiary/aromatic N) is 1. The lowest BCUT2D eigenvalue weighted by Crippen LogP contribution is -2.34. The molecule has 1 fully saturated rings. The minimum atomic E-state index is -0.429. The molecule has 0 radical (unpaired) electrons. The zero-order valence-electron chi connectivity index (χ0n) is 11.3. The SMILES string of the molecule is CC1(C)CCN(C(=O)c2cc(F)ccc2N)CCS1. The lowest BCUT2D eigenvalue weighted by atomic mass is 10.1. The van der Waals surface area contributed by atoms with E-state index in [0.717, 1.165) is 12.2 Å². The molecule has 0 atom stereocenters. The van der Waals surface area contributed by atoms with E-state index >= 15 is 0 Å². The zero-order chi connectivity index (χ0) is 14.0. The van der Waals surface area contributed by atoms with E-state index in [0.29, 0.717) is 18.8 Å². The topological polar surface area (TPSA) is 46.3 Å². The third-order valence-electron chi connectivity index (χ3n) is 3.37. The molecule has 2 rings (SSSR count). The van der Waals surface area contributed by atoms with Crippen LogP contribution in [-0.4, -0.2) is 34.4 Å². The van der Waals surface area contributed by atoms with E-state index in [-0.39, 0.29) is 16.2 Å². The highest BCUT2D eigenvalue weighted by atomic mass is 32.2. The Balaban J connectivity index is 2.17. The molecule has 1 aromatic rings. The molecule has 2 N–H and O–H groups in total. The van der Waals surface area contributed by atoms with E-state index in [2.05, 4.69) is 13.8 Å². The van der Waals surface area contributed by atoms with Crippen LogP contribution in [0, 0.1) is 5.82 Å². The van der Waals surface area contributed by atoms with Crippen LogP contribution >= 0.6 is 11.8 Å². The Morgan fingerprint density at radius 3 is 2.89 bits per heavy atom. The van der Waals surface area contributed by atoms with Gasteiger partial charge in [-0.25, -0.2) is 4.39 Å². The molecular formula is C14H19FN2OS. The normalized spacial score (nSPS) is 19.0. The fourth-order valence-electron chi connectivity index (χ4n) is 2.11. The molecule has 0 saturated carbocycles. The average Bonchev–Trinajstić information content (AvgIpc) is 2.52. The Labute approximate surface area is 117 Å². The van der Waals surface area contributed by atoms with E-state index in [9.17, 15) is 9.18 Å². The molecule has 0 aromatic heterocycles. The van der Waals surface area contributed by atoms with Crippen LogP contribution < -0.4 is 5.73 Å². The summed E-state index contributed by atoms with van der Waals surface area (Å²) in [6.07, 6.45) is 0.929. The van der Waals surface area contributed by atoms with Gasteiger partial charge in [-0.05, 0) is 24.6 Å². The third kappa shape index (κ3) is 3.41. The first kappa shape index (κ1) is 14.2. The molecule has 3 nitrogen and oxygen atoms in total. The highest BCUT2D eigenvalue weighted by Crippen LogP contribution is 2.31.